The molecule has 0 fully saturated rings. The Morgan fingerprint density at radius 1 is 1.19 bits per heavy atom. The first kappa shape index (κ1) is 15.8. The van der Waals surface area contributed by atoms with Gasteiger partial charge in [-0.1, -0.05) is 6.07 Å². The summed E-state index contributed by atoms with van der Waals surface area (Å²) in [5, 5.41) is 13.6. The zero-order chi connectivity index (χ0) is 15.5. The molecule has 1 aromatic heterocycles. The van der Waals surface area contributed by atoms with Crippen molar-refractivity contribution in [1.82, 2.24) is 4.98 Å². The predicted molar refractivity (Wildman–Crippen MR) is 84.4 cm³/mol. The lowest BCUT2D eigenvalue weighted by Gasteiger charge is -2.22. The lowest BCUT2D eigenvalue weighted by atomic mass is 9.93. The monoisotopic (exact) mass is 307 g/mol. The molecule has 1 atom stereocenters. The van der Waals surface area contributed by atoms with Gasteiger partial charge in [0.05, 0.1) is 24.8 Å². The second-order valence-electron chi connectivity index (χ2n) is 5.42. The highest BCUT2D eigenvalue weighted by atomic mass is 32.1. The minimum atomic E-state index is -0.843. The Labute approximate surface area is 129 Å². The van der Waals surface area contributed by atoms with E-state index in [4.69, 9.17) is 9.47 Å². The lowest BCUT2D eigenvalue weighted by Crippen LogP contribution is -2.30. The van der Waals surface area contributed by atoms with Gasteiger partial charge in [-0.25, -0.2) is 4.98 Å². The Morgan fingerprint density at radius 2 is 1.90 bits per heavy atom. The molecule has 2 rings (SSSR count). The number of nitrogens with zero attached hydrogens (tertiary/aromatic N) is 1. The van der Waals surface area contributed by atoms with Gasteiger partial charge in [0.2, 0.25) is 0 Å². The number of thiazole rings is 1. The van der Waals surface area contributed by atoms with E-state index in [1.54, 1.807) is 25.6 Å². The fourth-order valence-electron chi connectivity index (χ4n) is 2.30. The van der Waals surface area contributed by atoms with Crippen molar-refractivity contribution in [3.8, 4) is 11.5 Å². The predicted octanol–water partition coefficient (Wildman–Crippen LogP) is 3.00. The fraction of sp³-hybridized carbons (Fsp3) is 0.438. The Kier molecular flexibility index (Phi) is 4.85. The Morgan fingerprint density at radius 3 is 2.48 bits per heavy atom. The van der Waals surface area contributed by atoms with Crippen LogP contribution in [0.3, 0.4) is 0 Å². The number of aryl methyl sites for hydroxylation is 1. The summed E-state index contributed by atoms with van der Waals surface area (Å²) in [6, 6.07) is 5.71. The molecule has 0 bridgehead atoms. The standard InChI is InChI=1S/C16H21NO3S/c1-11-10-21-15(17-11)9-16(2,18)8-12-5-6-13(19-3)14(7-12)20-4/h5-7,10,18H,8-9H2,1-4H3. The van der Waals surface area contributed by atoms with E-state index in [-0.39, 0.29) is 0 Å². The van der Waals surface area contributed by atoms with Crippen molar-refractivity contribution in [3.63, 3.8) is 0 Å². The van der Waals surface area contributed by atoms with E-state index >= 15 is 0 Å². The molecule has 1 heterocycles. The van der Waals surface area contributed by atoms with Crippen LogP contribution in [0.15, 0.2) is 23.6 Å². The highest BCUT2D eigenvalue weighted by Gasteiger charge is 2.23. The molecule has 0 aliphatic carbocycles. The number of hydrogen-bond acceptors (Lipinski definition) is 5. The largest absolute Gasteiger partial charge is 0.493 e. The van der Waals surface area contributed by atoms with Crippen LogP contribution in [0.5, 0.6) is 11.5 Å². The highest BCUT2D eigenvalue weighted by molar-refractivity contribution is 7.09. The Bertz CT molecular complexity index is 607. The molecule has 0 spiro atoms. The second-order valence-corrected chi connectivity index (χ2v) is 6.37. The third-order valence-electron chi connectivity index (χ3n) is 3.23. The normalized spacial score (nSPS) is 13.8. The van der Waals surface area contributed by atoms with E-state index in [1.165, 1.54) is 0 Å². The number of ether oxygens (including phenoxy) is 2. The first-order chi connectivity index (χ1) is 9.93. The zero-order valence-electron chi connectivity index (χ0n) is 12.8. The van der Waals surface area contributed by atoms with Gasteiger partial charge in [-0.2, -0.15) is 0 Å². The average Bonchev–Trinajstić information content (AvgIpc) is 2.82. The van der Waals surface area contributed by atoms with Gasteiger partial charge in [0.15, 0.2) is 11.5 Å². The summed E-state index contributed by atoms with van der Waals surface area (Å²) >= 11 is 1.58. The Balaban J connectivity index is 2.12. The van der Waals surface area contributed by atoms with Gasteiger partial charge in [-0.3, -0.25) is 0 Å². The number of aliphatic hydroxyl groups is 1. The molecule has 4 nitrogen and oxygen atoms in total. The number of rotatable bonds is 6. The van der Waals surface area contributed by atoms with Gasteiger partial charge in [0.25, 0.3) is 0 Å². The van der Waals surface area contributed by atoms with Crippen LogP contribution in [0, 0.1) is 6.92 Å². The molecular weight excluding hydrogens is 286 g/mol. The smallest absolute Gasteiger partial charge is 0.160 e. The second kappa shape index (κ2) is 6.45. The van der Waals surface area contributed by atoms with Crippen LogP contribution in [0.4, 0.5) is 0 Å². The van der Waals surface area contributed by atoms with Crippen molar-refractivity contribution in [1.29, 1.82) is 0 Å². The zero-order valence-corrected chi connectivity index (χ0v) is 13.7. The maximum atomic E-state index is 10.6. The molecule has 0 radical (unpaired) electrons. The van der Waals surface area contributed by atoms with Crippen LogP contribution < -0.4 is 9.47 Å². The van der Waals surface area contributed by atoms with Crippen LogP contribution in [0.25, 0.3) is 0 Å². The average molecular weight is 307 g/mol. The maximum absolute atomic E-state index is 10.6. The van der Waals surface area contributed by atoms with Gasteiger partial charge >= 0.3 is 0 Å². The summed E-state index contributed by atoms with van der Waals surface area (Å²) in [4.78, 5) is 4.41. The van der Waals surface area contributed by atoms with Gasteiger partial charge in [-0.05, 0) is 31.5 Å². The molecule has 0 aliphatic rings. The molecule has 5 heteroatoms. The third-order valence-corrected chi connectivity index (χ3v) is 4.20. The summed E-state index contributed by atoms with van der Waals surface area (Å²) in [7, 11) is 3.22. The molecule has 0 saturated heterocycles. The topological polar surface area (TPSA) is 51.6 Å². The van der Waals surface area contributed by atoms with E-state index in [2.05, 4.69) is 4.98 Å². The van der Waals surface area contributed by atoms with Crippen molar-refractivity contribution in [2.24, 2.45) is 0 Å². The van der Waals surface area contributed by atoms with E-state index in [0.29, 0.717) is 24.3 Å². The minimum Gasteiger partial charge on any atom is -0.493 e. The first-order valence-electron chi connectivity index (χ1n) is 6.78. The van der Waals surface area contributed by atoms with Crippen molar-refractivity contribution in [2.45, 2.75) is 32.3 Å². The number of hydrogen-bond donors (Lipinski definition) is 1. The molecule has 21 heavy (non-hydrogen) atoms. The molecule has 0 saturated carbocycles. The molecule has 1 unspecified atom stereocenters. The maximum Gasteiger partial charge on any atom is 0.160 e. The summed E-state index contributed by atoms with van der Waals surface area (Å²) in [6.07, 6.45) is 1.08. The van der Waals surface area contributed by atoms with Crippen LogP contribution in [0.1, 0.15) is 23.2 Å². The van der Waals surface area contributed by atoms with Crippen LogP contribution in [0.2, 0.25) is 0 Å². The summed E-state index contributed by atoms with van der Waals surface area (Å²) in [6.45, 7) is 3.80. The summed E-state index contributed by atoms with van der Waals surface area (Å²) < 4.78 is 10.5. The summed E-state index contributed by atoms with van der Waals surface area (Å²) in [5.74, 6) is 1.37. The van der Waals surface area contributed by atoms with Crippen molar-refractivity contribution in [2.75, 3.05) is 14.2 Å². The van der Waals surface area contributed by atoms with Crippen molar-refractivity contribution < 1.29 is 14.6 Å². The van der Waals surface area contributed by atoms with Crippen molar-refractivity contribution >= 4 is 11.3 Å². The van der Waals surface area contributed by atoms with E-state index < -0.39 is 5.60 Å². The SMILES string of the molecule is COc1ccc(CC(C)(O)Cc2nc(C)cs2)cc1OC. The Hall–Kier alpha value is -1.59. The quantitative estimate of drug-likeness (QED) is 0.891. The van der Waals surface area contributed by atoms with Crippen molar-refractivity contribution in [3.05, 3.63) is 39.8 Å². The highest BCUT2D eigenvalue weighted by Crippen LogP contribution is 2.30. The van der Waals surface area contributed by atoms with Gasteiger partial charge < -0.3 is 14.6 Å². The van der Waals surface area contributed by atoms with Gasteiger partial charge in [0.1, 0.15) is 0 Å². The molecule has 0 amide bonds. The lowest BCUT2D eigenvalue weighted by molar-refractivity contribution is 0.0607. The number of aromatic nitrogens is 1. The fourth-order valence-corrected chi connectivity index (χ4v) is 3.25. The molecular formula is C16H21NO3S. The van der Waals surface area contributed by atoms with E-state index in [1.807, 2.05) is 37.4 Å². The van der Waals surface area contributed by atoms with Gasteiger partial charge in [-0.15, -0.1) is 11.3 Å². The molecule has 114 valence electrons. The molecule has 1 aromatic carbocycles. The summed E-state index contributed by atoms with van der Waals surface area (Å²) in [5.41, 5.74) is 1.16. The molecule has 0 aliphatic heterocycles. The van der Waals surface area contributed by atoms with Crippen LogP contribution >= 0.6 is 11.3 Å². The van der Waals surface area contributed by atoms with Crippen LogP contribution in [-0.4, -0.2) is 29.9 Å². The van der Waals surface area contributed by atoms with Gasteiger partial charge in [0, 0.05) is 23.9 Å². The number of methoxy groups -OCH3 is 2. The van der Waals surface area contributed by atoms with Crippen LogP contribution in [-0.2, 0) is 12.8 Å². The number of benzene rings is 1. The molecule has 1 N–H and O–H groups in total. The molecule has 2 aromatic rings. The van der Waals surface area contributed by atoms with E-state index in [9.17, 15) is 5.11 Å². The minimum absolute atomic E-state index is 0.534. The first-order valence-corrected chi connectivity index (χ1v) is 7.66. The van der Waals surface area contributed by atoms with E-state index in [0.717, 1.165) is 16.3 Å². The third kappa shape index (κ3) is 4.19.